The molecule has 2 aromatic rings. The maximum atomic E-state index is 13.0. The lowest BCUT2D eigenvalue weighted by Gasteiger charge is -2.31. The van der Waals surface area contributed by atoms with Crippen LogP contribution in [-0.2, 0) is 21.4 Å². The molecule has 0 spiro atoms. The van der Waals surface area contributed by atoms with Crippen LogP contribution >= 0.6 is 0 Å². The lowest BCUT2D eigenvalue weighted by Crippen LogP contribution is -2.50. The van der Waals surface area contributed by atoms with Gasteiger partial charge in [-0.1, -0.05) is 50.2 Å². The summed E-state index contributed by atoms with van der Waals surface area (Å²) in [6, 6.07) is 14.4. The maximum absolute atomic E-state index is 13.0. The molecule has 34 heavy (non-hydrogen) atoms. The van der Waals surface area contributed by atoms with E-state index in [4.69, 9.17) is 0 Å². The molecule has 10 heteroatoms. The van der Waals surface area contributed by atoms with E-state index in [-0.39, 0.29) is 10.8 Å². The molecule has 1 atom stereocenters. The van der Waals surface area contributed by atoms with Crippen LogP contribution in [0.3, 0.4) is 0 Å². The van der Waals surface area contributed by atoms with Crippen molar-refractivity contribution in [1.82, 2.24) is 19.8 Å². The molecule has 1 unspecified atom stereocenters. The largest absolute Gasteiger partial charge is 0.334 e. The Morgan fingerprint density at radius 2 is 1.65 bits per heavy atom. The fourth-order valence-electron chi connectivity index (χ4n) is 3.64. The van der Waals surface area contributed by atoms with Gasteiger partial charge in [0.1, 0.15) is 6.04 Å². The second-order valence-electron chi connectivity index (χ2n) is 8.76. The molecule has 3 N–H and O–H groups in total. The van der Waals surface area contributed by atoms with Crippen LogP contribution in [0, 0.1) is 5.92 Å². The van der Waals surface area contributed by atoms with Crippen LogP contribution in [0.25, 0.3) is 0 Å². The molecule has 1 saturated heterocycles. The SMILES string of the molecule is CC(C)C(NC(=O)NCc1ccccc1)C(=O)Nc1cccc(S(=O)(=O)N2CCN(C)CC2)c1. The summed E-state index contributed by atoms with van der Waals surface area (Å²) in [5.41, 5.74) is 1.30. The smallest absolute Gasteiger partial charge is 0.315 e. The number of sulfonamides is 1. The Bertz CT molecular complexity index is 1080. The van der Waals surface area contributed by atoms with Gasteiger partial charge >= 0.3 is 6.03 Å². The standard InChI is InChI=1S/C24H33N5O4S/c1-18(2)22(27-24(31)25-17-19-8-5-4-6-9-19)23(30)26-20-10-7-11-21(16-20)34(32,33)29-14-12-28(3)13-15-29/h4-11,16,18,22H,12-15,17H2,1-3H3,(H,26,30)(H2,25,27,31). The van der Waals surface area contributed by atoms with Crippen molar-refractivity contribution in [3.8, 4) is 0 Å². The number of carbonyl (C=O) groups excluding carboxylic acids is 2. The predicted octanol–water partition coefficient (Wildman–Crippen LogP) is 2.09. The molecule has 1 heterocycles. The number of benzene rings is 2. The number of anilines is 1. The lowest BCUT2D eigenvalue weighted by atomic mass is 10.0. The van der Waals surface area contributed by atoms with Crippen LogP contribution in [0.1, 0.15) is 19.4 Å². The fourth-order valence-corrected chi connectivity index (χ4v) is 5.11. The minimum absolute atomic E-state index is 0.129. The molecule has 1 aliphatic rings. The van der Waals surface area contributed by atoms with Gasteiger partial charge in [-0.2, -0.15) is 4.31 Å². The zero-order valence-electron chi connectivity index (χ0n) is 19.8. The quantitative estimate of drug-likeness (QED) is 0.528. The number of likely N-dealkylation sites (N-methyl/N-ethyl adjacent to an activating group) is 1. The predicted molar refractivity (Wildman–Crippen MR) is 132 cm³/mol. The van der Waals surface area contributed by atoms with Crippen molar-refractivity contribution in [3.63, 3.8) is 0 Å². The van der Waals surface area contributed by atoms with Crippen molar-refractivity contribution in [3.05, 3.63) is 60.2 Å². The first-order valence-electron chi connectivity index (χ1n) is 11.3. The number of amides is 3. The Kier molecular flexibility index (Phi) is 8.65. The number of carbonyl (C=O) groups is 2. The van der Waals surface area contributed by atoms with Crippen LogP contribution in [0.4, 0.5) is 10.5 Å². The molecule has 0 bridgehead atoms. The molecule has 0 radical (unpaired) electrons. The minimum Gasteiger partial charge on any atom is -0.334 e. The number of rotatable bonds is 8. The highest BCUT2D eigenvalue weighted by Gasteiger charge is 2.28. The van der Waals surface area contributed by atoms with Gasteiger partial charge in [-0.3, -0.25) is 4.79 Å². The lowest BCUT2D eigenvalue weighted by molar-refractivity contribution is -0.118. The molecule has 0 aromatic heterocycles. The van der Waals surface area contributed by atoms with Crippen LogP contribution in [0.15, 0.2) is 59.5 Å². The van der Waals surface area contributed by atoms with Crippen molar-refractivity contribution in [2.45, 2.75) is 31.3 Å². The van der Waals surface area contributed by atoms with E-state index in [1.807, 2.05) is 51.2 Å². The number of hydrogen-bond donors (Lipinski definition) is 3. The molecule has 0 aliphatic carbocycles. The van der Waals surface area contributed by atoms with Crippen LogP contribution in [-0.4, -0.2) is 68.8 Å². The number of piperazine rings is 1. The Balaban J connectivity index is 1.64. The molecule has 9 nitrogen and oxygen atoms in total. The highest BCUT2D eigenvalue weighted by Crippen LogP contribution is 2.21. The van der Waals surface area contributed by atoms with Crippen LogP contribution < -0.4 is 16.0 Å². The average molecular weight is 488 g/mol. The van der Waals surface area contributed by atoms with Gasteiger partial charge < -0.3 is 20.9 Å². The molecule has 1 aliphatic heterocycles. The summed E-state index contributed by atoms with van der Waals surface area (Å²) in [6.07, 6.45) is 0. The van der Waals surface area contributed by atoms with Gasteiger partial charge in [-0.25, -0.2) is 13.2 Å². The van der Waals surface area contributed by atoms with E-state index in [2.05, 4.69) is 20.9 Å². The topological polar surface area (TPSA) is 111 Å². The number of hydrogen-bond acceptors (Lipinski definition) is 5. The summed E-state index contributed by atoms with van der Waals surface area (Å²) in [7, 11) is -1.70. The minimum atomic E-state index is -3.66. The first-order valence-corrected chi connectivity index (χ1v) is 12.8. The fraction of sp³-hybridized carbons (Fsp3) is 0.417. The van der Waals surface area contributed by atoms with Crippen LogP contribution in [0.2, 0.25) is 0 Å². The van der Waals surface area contributed by atoms with E-state index in [1.165, 1.54) is 16.4 Å². The monoisotopic (exact) mass is 487 g/mol. The van der Waals surface area contributed by atoms with Crippen LogP contribution in [0.5, 0.6) is 0 Å². The molecular weight excluding hydrogens is 454 g/mol. The van der Waals surface area contributed by atoms with E-state index >= 15 is 0 Å². The second kappa shape index (κ2) is 11.5. The van der Waals surface area contributed by atoms with E-state index in [0.717, 1.165) is 5.56 Å². The summed E-state index contributed by atoms with van der Waals surface area (Å²) >= 11 is 0. The molecule has 2 aromatic carbocycles. The third-order valence-electron chi connectivity index (χ3n) is 5.73. The highest BCUT2D eigenvalue weighted by atomic mass is 32.2. The average Bonchev–Trinajstić information content (AvgIpc) is 2.82. The molecule has 184 valence electrons. The number of nitrogens with zero attached hydrogens (tertiary/aromatic N) is 2. The second-order valence-corrected chi connectivity index (χ2v) is 10.7. The molecular formula is C24H33N5O4S. The van der Waals surface area contributed by atoms with Gasteiger partial charge in [-0.05, 0) is 36.7 Å². The van der Waals surface area contributed by atoms with E-state index in [0.29, 0.717) is 38.4 Å². The maximum Gasteiger partial charge on any atom is 0.315 e. The molecule has 0 saturated carbocycles. The zero-order valence-corrected chi connectivity index (χ0v) is 20.6. The van der Waals surface area contributed by atoms with E-state index in [9.17, 15) is 18.0 Å². The first kappa shape index (κ1) is 25.7. The first-order chi connectivity index (χ1) is 16.2. The normalized spacial score (nSPS) is 16.1. The van der Waals surface area contributed by atoms with Gasteiger partial charge in [0.15, 0.2) is 0 Å². The van der Waals surface area contributed by atoms with Crippen molar-refractivity contribution in [2.24, 2.45) is 5.92 Å². The van der Waals surface area contributed by atoms with Gasteiger partial charge in [0.05, 0.1) is 4.90 Å². The van der Waals surface area contributed by atoms with Gasteiger partial charge in [0.2, 0.25) is 15.9 Å². The third kappa shape index (κ3) is 6.78. The van der Waals surface area contributed by atoms with Gasteiger partial charge in [0, 0.05) is 38.4 Å². The Morgan fingerprint density at radius 1 is 0.971 bits per heavy atom. The summed E-state index contributed by atoms with van der Waals surface area (Å²) in [5, 5.41) is 8.22. The Labute approximate surface area is 201 Å². The Morgan fingerprint density at radius 3 is 2.29 bits per heavy atom. The summed E-state index contributed by atoms with van der Waals surface area (Å²) in [6.45, 7) is 6.18. The third-order valence-corrected chi connectivity index (χ3v) is 7.63. The van der Waals surface area contributed by atoms with Crippen molar-refractivity contribution in [1.29, 1.82) is 0 Å². The zero-order chi connectivity index (χ0) is 24.7. The molecule has 3 rings (SSSR count). The number of urea groups is 1. The highest BCUT2D eigenvalue weighted by molar-refractivity contribution is 7.89. The summed E-state index contributed by atoms with van der Waals surface area (Å²) < 4.78 is 27.5. The molecule has 3 amide bonds. The van der Waals surface area contributed by atoms with Gasteiger partial charge in [0.25, 0.3) is 0 Å². The summed E-state index contributed by atoms with van der Waals surface area (Å²) in [5.74, 6) is -0.598. The van der Waals surface area contributed by atoms with Crippen molar-refractivity contribution < 1.29 is 18.0 Å². The number of nitrogens with one attached hydrogen (secondary N) is 3. The van der Waals surface area contributed by atoms with E-state index in [1.54, 1.807) is 12.1 Å². The molecule has 1 fully saturated rings. The Hall–Kier alpha value is -2.95. The van der Waals surface area contributed by atoms with Gasteiger partial charge in [-0.15, -0.1) is 0 Å². The summed E-state index contributed by atoms with van der Waals surface area (Å²) in [4.78, 5) is 27.5. The van der Waals surface area contributed by atoms with Crippen molar-refractivity contribution >= 4 is 27.6 Å². The van der Waals surface area contributed by atoms with E-state index < -0.39 is 28.0 Å². The van der Waals surface area contributed by atoms with Crippen molar-refractivity contribution in [2.75, 3.05) is 38.5 Å².